The van der Waals surface area contributed by atoms with Crippen LogP contribution in [0, 0.1) is 13.8 Å². The van der Waals surface area contributed by atoms with Gasteiger partial charge >= 0.3 is 5.97 Å². The lowest BCUT2D eigenvalue weighted by atomic mass is 10.00. The summed E-state index contributed by atoms with van der Waals surface area (Å²) >= 11 is 0. The summed E-state index contributed by atoms with van der Waals surface area (Å²) in [6.07, 6.45) is 3.55. The molecule has 3 aromatic heterocycles. The molecule has 0 unspecified atom stereocenters. The number of hydrogen-bond acceptors (Lipinski definition) is 7. The van der Waals surface area contributed by atoms with Gasteiger partial charge in [0, 0.05) is 29.3 Å². The second kappa shape index (κ2) is 10.8. The first kappa shape index (κ1) is 25.1. The van der Waals surface area contributed by atoms with Crippen LogP contribution in [-0.2, 0) is 17.8 Å². The zero-order valence-corrected chi connectivity index (χ0v) is 21.9. The molecule has 0 atom stereocenters. The van der Waals surface area contributed by atoms with E-state index in [-0.39, 0.29) is 0 Å². The predicted octanol–water partition coefficient (Wildman–Crippen LogP) is 6.89. The molecule has 0 aliphatic carbocycles. The summed E-state index contributed by atoms with van der Waals surface area (Å²) in [5.74, 6) is 1.16. The lowest BCUT2D eigenvalue weighted by Crippen LogP contribution is -2.03. The minimum absolute atomic E-state index is 0.293. The molecule has 5 aromatic rings. The van der Waals surface area contributed by atoms with Gasteiger partial charge in [-0.25, -0.2) is 9.78 Å². The maximum absolute atomic E-state index is 11.8. The summed E-state index contributed by atoms with van der Waals surface area (Å²) in [6, 6.07) is 19.5. The van der Waals surface area contributed by atoms with E-state index in [0.29, 0.717) is 12.3 Å². The van der Waals surface area contributed by atoms with Crippen molar-refractivity contribution < 1.29 is 18.8 Å². The lowest BCUT2D eigenvalue weighted by molar-refractivity contribution is 0.0594. The maximum atomic E-state index is 11.8. The minimum atomic E-state index is -0.447. The Balaban J connectivity index is 1.36. The average molecular weight is 508 g/mol. The predicted molar refractivity (Wildman–Crippen MR) is 146 cm³/mol. The first-order valence-corrected chi connectivity index (χ1v) is 12.6. The van der Waals surface area contributed by atoms with E-state index in [1.165, 1.54) is 7.11 Å². The molecule has 2 aromatic carbocycles. The lowest BCUT2D eigenvalue weighted by Gasteiger charge is -2.11. The molecule has 0 radical (unpaired) electrons. The summed E-state index contributed by atoms with van der Waals surface area (Å²) in [7, 11) is 1.35. The third-order valence-electron chi connectivity index (χ3n) is 6.59. The minimum Gasteiger partial charge on any atom is -0.489 e. The van der Waals surface area contributed by atoms with Gasteiger partial charge in [-0.2, -0.15) is 0 Å². The molecule has 192 valence electrons. The van der Waals surface area contributed by atoms with Crippen LogP contribution in [0.5, 0.6) is 5.75 Å². The molecule has 38 heavy (non-hydrogen) atoms. The van der Waals surface area contributed by atoms with E-state index in [1.807, 2.05) is 61.7 Å². The number of aryl methyl sites for hydroxylation is 3. The van der Waals surface area contributed by atoms with Crippen LogP contribution in [0.25, 0.3) is 33.3 Å². The number of carbonyl (C=O) groups excluding carboxylic acids is 1. The molecule has 0 N–H and O–H groups in total. The van der Waals surface area contributed by atoms with Gasteiger partial charge in [-0.05, 0) is 73.4 Å². The molecule has 0 spiro atoms. The Hall–Kier alpha value is -4.52. The Morgan fingerprint density at radius 2 is 1.76 bits per heavy atom. The fourth-order valence-electron chi connectivity index (χ4n) is 4.59. The number of nitrogens with zero attached hydrogens (tertiary/aromatic N) is 3. The normalized spacial score (nSPS) is 11.1. The van der Waals surface area contributed by atoms with Crippen molar-refractivity contribution in [1.82, 2.24) is 15.1 Å². The van der Waals surface area contributed by atoms with Gasteiger partial charge < -0.3 is 14.0 Å². The second-order valence-electron chi connectivity index (χ2n) is 9.18. The molecule has 0 bridgehead atoms. The van der Waals surface area contributed by atoms with Crippen LogP contribution < -0.4 is 4.74 Å². The third-order valence-corrected chi connectivity index (χ3v) is 6.59. The van der Waals surface area contributed by atoms with E-state index in [9.17, 15) is 4.79 Å². The van der Waals surface area contributed by atoms with Gasteiger partial charge in [0.1, 0.15) is 29.5 Å². The highest BCUT2D eigenvalue weighted by atomic mass is 16.5. The van der Waals surface area contributed by atoms with E-state index in [0.717, 1.165) is 74.5 Å². The number of ether oxygens (including phenoxy) is 2. The quantitative estimate of drug-likeness (QED) is 0.211. The standard InChI is InChI=1S/C31H29N3O4/c1-5-6-28-25(30(34-38-28)29-19(2)15-16-32-20(29)3)18-37-24-11-7-21(8-12-24)22-9-13-26-23(17-22)10-14-27(33-26)31(35)36-4/h7-17H,5-6,18H2,1-4H3. The van der Waals surface area contributed by atoms with Gasteiger partial charge in [-0.15, -0.1) is 0 Å². The molecule has 7 heteroatoms. The van der Waals surface area contributed by atoms with Crippen molar-refractivity contribution in [2.24, 2.45) is 0 Å². The Morgan fingerprint density at radius 1 is 0.974 bits per heavy atom. The molecule has 0 amide bonds. The van der Waals surface area contributed by atoms with Crippen LogP contribution in [0.15, 0.2) is 71.4 Å². The summed E-state index contributed by atoms with van der Waals surface area (Å²) in [6.45, 7) is 6.52. The number of benzene rings is 2. The van der Waals surface area contributed by atoms with Gasteiger partial charge in [0.25, 0.3) is 0 Å². The van der Waals surface area contributed by atoms with Gasteiger partial charge in [0.2, 0.25) is 0 Å². The number of fused-ring (bicyclic) bond motifs is 1. The zero-order valence-electron chi connectivity index (χ0n) is 21.9. The summed E-state index contributed by atoms with van der Waals surface area (Å²) in [5.41, 5.74) is 7.91. The SMILES string of the molecule is CCCc1onc(-c2c(C)ccnc2C)c1COc1ccc(-c2ccc3nc(C(=O)OC)ccc3c2)cc1. The van der Waals surface area contributed by atoms with Crippen molar-refractivity contribution in [2.45, 2.75) is 40.2 Å². The Bertz CT molecular complexity index is 1590. The Morgan fingerprint density at radius 3 is 2.50 bits per heavy atom. The third kappa shape index (κ3) is 5.00. The van der Waals surface area contributed by atoms with E-state index < -0.39 is 5.97 Å². The topological polar surface area (TPSA) is 87.3 Å². The van der Waals surface area contributed by atoms with E-state index in [4.69, 9.17) is 14.0 Å². The van der Waals surface area contributed by atoms with Gasteiger partial charge in [-0.1, -0.05) is 36.3 Å². The highest BCUT2D eigenvalue weighted by molar-refractivity contribution is 5.92. The average Bonchev–Trinajstić information content (AvgIpc) is 3.33. The number of hydrogen-bond donors (Lipinski definition) is 0. The fourth-order valence-corrected chi connectivity index (χ4v) is 4.59. The van der Waals surface area contributed by atoms with Crippen LogP contribution in [-0.4, -0.2) is 28.2 Å². The largest absolute Gasteiger partial charge is 0.489 e. The van der Waals surface area contributed by atoms with Gasteiger partial charge in [0.05, 0.1) is 18.2 Å². The van der Waals surface area contributed by atoms with Crippen LogP contribution >= 0.6 is 0 Å². The second-order valence-corrected chi connectivity index (χ2v) is 9.18. The highest BCUT2D eigenvalue weighted by Gasteiger charge is 2.21. The van der Waals surface area contributed by atoms with Gasteiger partial charge in [0.15, 0.2) is 0 Å². The first-order valence-electron chi connectivity index (χ1n) is 12.6. The molecule has 0 saturated heterocycles. The van der Waals surface area contributed by atoms with Crippen molar-refractivity contribution in [3.63, 3.8) is 0 Å². The summed E-state index contributed by atoms with van der Waals surface area (Å²) in [4.78, 5) is 20.6. The number of carbonyl (C=O) groups is 1. The Kier molecular flexibility index (Phi) is 7.18. The number of methoxy groups -OCH3 is 1. The van der Waals surface area contributed by atoms with E-state index >= 15 is 0 Å². The first-order chi connectivity index (χ1) is 18.5. The van der Waals surface area contributed by atoms with E-state index in [2.05, 4.69) is 35.0 Å². The van der Waals surface area contributed by atoms with Crippen LogP contribution in [0.4, 0.5) is 0 Å². The molecule has 0 aliphatic rings. The number of pyridine rings is 2. The van der Waals surface area contributed by atoms with Crippen LogP contribution in [0.3, 0.4) is 0 Å². The van der Waals surface area contributed by atoms with Crippen molar-refractivity contribution in [3.8, 4) is 28.1 Å². The van der Waals surface area contributed by atoms with Crippen molar-refractivity contribution in [1.29, 1.82) is 0 Å². The molecule has 0 fully saturated rings. The summed E-state index contributed by atoms with van der Waals surface area (Å²) in [5, 5.41) is 5.36. The van der Waals surface area contributed by atoms with Crippen LogP contribution in [0.1, 0.15) is 46.4 Å². The maximum Gasteiger partial charge on any atom is 0.356 e. The molecule has 7 nitrogen and oxygen atoms in total. The number of aromatic nitrogens is 3. The number of rotatable bonds is 8. The molecule has 0 aliphatic heterocycles. The Labute approximate surface area is 221 Å². The number of esters is 1. The smallest absolute Gasteiger partial charge is 0.356 e. The van der Waals surface area contributed by atoms with Crippen LogP contribution in [0.2, 0.25) is 0 Å². The van der Waals surface area contributed by atoms with Crippen molar-refractivity contribution in [3.05, 3.63) is 95.1 Å². The summed E-state index contributed by atoms with van der Waals surface area (Å²) < 4.78 is 16.7. The fraction of sp³-hybridized carbons (Fsp3) is 0.226. The molecule has 0 saturated carbocycles. The van der Waals surface area contributed by atoms with Crippen molar-refractivity contribution in [2.75, 3.05) is 7.11 Å². The van der Waals surface area contributed by atoms with Crippen molar-refractivity contribution >= 4 is 16.9 Å². The molecule has 5 rings (SSSR count). The van der Waals surface area contributed by atoms with E-state index in [1.54, 1.807) is 6.07 Å². The van der Waals surface area contributed by atoms with Gasteiger partial charge in [-0.3, -0.25) is 4.98 Å². The molecular weight excluding hydrogens is 478 g/mol. The molecule has 3 heterocycles. The molecular formula is C31H29N3O4. The highest BCUT2D eigenvalue weighted by Crippen LogP contribution is 2.32. The zero-order chi connectivity index (χ0) is 26.6. The monoisotopic (exact) mass is 507 g/mol.